The molecule has 0 bridgehead atoms. The Morgan fingerprint density at radius 3 is 1.39 bits per heavy atom. The fourth-order valence-corrected chi connectivity index (χ4v) is 6.15. The molecule has 2 aliphatic heterocycles. The highest BCUT2D eigenvalue weighted by atomic mass is 16.6. The number of hydrogen-bond acceptors (Lipinski definition) is 6. The fraction of sp³-hybridized carbons (Fsp3) is 0.846. The number of unbranched alkanes of at least 4 members (excludes halogenated alkanes) is 1. The van der Waals surface area contributed by atoms with E-state index in [1.54, 1.807) is 0 Å². The molecule has 4 aliphatic rings. The highest BCUT2D eigenvalue weighted by Gasteiger charge is 2.50. The number of carboxylic acids is 4. The molecule has 2 saturated heterocycles. The Balaban J connectivity index is 0.000000308. The van der Waals surface area contributed by atoms with Gasteiger partial charge in [-0.2, -0.15) is 0 Å². The van der Waals surface area contributed by atoms with Crippen LogP contribution in [-0.4, -0.2) is 68.7 Å². The number of ether oxygens (including phenoxy) is 2. The second kappa shape index (κ2) is 12.9. The molecule has 4 N–H and O–H groups in total. The monoisotopic (exact) mass is 512 g/mol. The molecule has 2 saturated carbocycles. The first-order valence-corrected chi connectivity index (χ1v) is 13.3. The number of hydrogen-bond donors (Lipinski definition) is 4. The molecule has 0 aromatic rings. The lowest BCUT2D eigenvalue weighted by molar-refractivity contribution is -0.153. The van der Waals surface area contributed by atoms with E-state index in [1.807, 2.05) is 0 Å². The standard InChI is InChI=1S/C20H30O6.C6H10O4/c21-18(22)2-1-7-20(19(23)24,10-12-3-5-14-16(8-12)25-14)11-13-4-6-15-17(9-13)26-15;7-5(8)3-1-2-4-6(9)10/h12-17H,1-11H2,(H,21,22)(H,23,24);1-4H2,(H,7,8)(H,9,10). The molecule has 2 heterocycles. The van der Waals surface area contributed by atoms with Crippen LogP contribution in [0.1, 0.15) is 96.3 Å². The summed E-state index contributed by atoms with van der Waals surface area (Å²) in [6.45, 7) is 0. The van der Waals surface area contributed by atoms with Crippen LogP contribution in [0.2, 0.25) is 0 Å². The molecule has 204 valence electrons. The van der Waals surface area contributed by atoms with Crippen LogP contribution in [0.15, 0.2) is 0 Å². The Kier molecular flexibility index (Phi) is 10.1. The Bertz CT molecular complexity index is 750. The number of fused-ring (bicyclic) bond motifs is 2. The number of aliphatic carboxylic acids is 4. The van der Waals surface area contributed by atoms with Crippen LogP contribution in [0.3, 0.4) is 0 Å². The lowest BCUT2D eigenvalue weighted by Gasteiger charge is -2.37. The summed E-state index contributed by atoms with van der Waals surface area (Å²) in [5.74, 6) is -2.55. The maximum absolute atomic E-state index is 12.4. The molecule has 0 radical (unpaired) electrons. The average molecular weight is 513 g/mol. The third-order valence-electron chi connectivity index (χ3n) is 8.12. The van der Waals surface area contributed by atoms with Crippen molar-refractivity contribution in [2.24, 2.45) is 17.3 Å². The SMILES string of the molecule is O=C(O)CCCC(CC1CCC2OC2C1)(CC1CCC2OC2C1)C(=O)O.O=C(O)CCCCC(=O)O. The zero-order valence-corrected chi connectivity index (χ0v) is 20.8. The van der Waals surface area contributed by atoms with E-state index in [4.69, 9.17) is 24.8 Å². The van der Waals surface area contributed by atoms with Gasteiger partial charge in [-0.3, -0.25) is 19.2 Å². The van der Waals surface area contributed by atoms with E-state index < -0.39 is 29.3 Å². The summed E-state index contributed by atoms with van der Waals surface area (Å²) < 4.78 is 11.2. The first-order valence-electron chi connectivity index (χ1n) is 13.3. The molecule has 6 atom stereocenters. The normalized spacial score (nSPS) is 31.4. The van der Waals surface area contributed by atoms with Crippen molar-refractivity contribution in [2.45, 2.75) is 121 Å². The summed E-state index contributed by atoms with van der Waals surface area (Å²) in [5.41, 5.74) is -0.797. The van der Waals surface area contributed by atoms with E-state index in [0.29, 0.717) is 74.8 Å². The number of carboxylic acid groups (broad SMARTS) is 4. The van der Waals surface area contributed by atoms with Gasteiger partial charge in [-0.05, 0) is 88.9 Å². The lowest BCUT2D eigenvalue weighted by Crippen LogP contribution is -2.37. The van der Waals surface area contributed by atoms with Crippen LogP contribution in [0.25, 0.3) is 0 Å². The van der Waals surface area contributed by atoms with Crippen molar-refractivity contribution in [1.29, 1.82) is 0 Å². The second-order valence-corrected chi connectivity index (χ2v) is 11.0. The van der Waals surface area contributed by atoms with Gasteiger partial charge in [0.25, 0.3) is 0 Å². The van der Waals surface area contributed by atoms with Gasteiger partial charge in [0.05, 0.1) is 29.8 Å². The quantitative estimate of drug-likeness (QED) is 0.197. The van der Waals surface area contributed by atoms with Crippen molar-refractivity contribution in [3.05, 3.63) is 0 Å². The molecule has 6 unspecified atom stereocenters. The second-order valence-electron chi connectivity index (χ2n) is 11.0. The molecule has 10 heteroatoms. The van der Waals surface area contributed by atoms with Gasteiger partial charge in [0.15, 0.2) is 0 Å². The fourth-order valence-electron chi connectivity index (χ4n) is 6.15. The molecule has 0 spiro atoms. The summed E-state index contributed by atoms with van der Waals surface area (Å²) in [6.07, 6.45) is 10.9. The number of carbonyl (C=O) groups is 4. The summed E-state index contributed by atoms with van der Waals surface area (Å²) in [5, 5.41) is 35.4. The van der Waals surface area contributed by atoms with Crippen LogP contribution in [0.5, 0.6) is 0 Å². The van der Waals surface area contributed by atoms with Gasteiger partial charge in [0.1, 0.15) is 0 Å². The van der Waals surface area contributed by atoms with Gasteiger partial charge in [0.2, 0.25) is 0 Å². The van der Waals surface area contributed by atoms with Crippen LogP contribution in [0, 0.1) is 17.3 Å². The van der Waals surface area contributed by atoms with Crippen molar-refractivity contribution in [2.75, 3.05) is 0 Å². The predicted octanol–water partition coefficient (Wildman–Crippen LogP) is 3.94. The van der Waals surface area contributed by atoms with Crippen molar-refractivity contribution in [3.8, 4) is 0 Å². The van der Waals surface area contributed by atoms with Crippen molar-refractivity contribution >= 4 is 23.9 Å². The first kappa shape index (κ1) is 28.4. The molecule has 2 aliphatic carbocycles. The Morgan fingerprint density at radius 1 is 0.611 bits per heavy atom. The highest BCUT2D eigenvalue weighted by molar-refractivity contribution is 5.75. The Morgan fingerprint density at radius 2 is 1.03 bits per heavy atom. The van der Waals surface area contributed by atoms with Crippen LogP contribution >= 0.6 is 0 Å². The molecule has 36 heavy (non-hydrogen) atoms. The van der Waals surface area contributed by atoms with E-state index in [9.17, 15) is 24.3 Å². The van der Waals surface area contributed by atoms with Gasteiger partial charge in [-0.1, -0.05) is 0 Å². The van der Waals surface area contributed by atoms with Crippen LogP contribution < -0.4 is 0 Å². The minimum atomic E-state index is -0.870. The zero-order chi connectivity index (χ0) is 26.3. The highest BCUT2D eigenvalue weighted by Crippen LogP contribution is 2.50. The third kappa shape index (κ3) is 9.03. The molecule has 4 rings (SSSR count). The minimum absolute atomic E-state index is 0.0476. The first-order chi connectivity index (χ1) is 17.1. The maximum atomic E-state index is 12.4. The third-order valence-corrected chi connectivity index (χ3v) is 8.12. The molecule has 0 aromatic heterocycles. The average Bonchev–Trinajstić information content (AvgIpc) is 3.71. The van der Waals surface area contributed by atoms with Gasteiger partial charge < -0.3 is 29.9 Å². The van der Waals surface area contributed by atoms with E-state index in [2.05, 4.69) is 0 Å². The van der Waals surface area contributed by atoms with Gasteiger partial charge in [-0.15, -0.1) is 0 Å². The maximum Gasteiger partial charge on any atom is 0.309 e. The lowest BCUT2D eigenvalue weighted by atomic mass is 9.66. The van der Waals surface area contributed by atoms with Gasteiger partial charge in [0, 0.05) is 19.3 Å². The van der Waals surface area contributed by atoms with Crippen LogP contribution in [0.4, 0.5) is 0 Å². The molecular formula is C26H40O10. The summed E-state index contributed by atoms with van der Waals surface area (Å²) in [6, 6.07) is 0. The summed E-state index contributed by atoms with van der Waals surface area (Å²) in [4.78, 5) is 43.2. The van der Waals surface area contributed by atoms with E-state index in [0.717, 1.165) is 38.5 Å². The topological polar surface area (TPSA) is 174 Å². The molecule has 0 amide bonds. The summed E-state index contributed by atoms with van der Waals surface area (Å²) >= 11 is 0. The largest absolute Gasteiger partial charge is 0.481 e. The predicted molar refractivity (Wildman–Crippen MR) is 127 cm³/mol. The molecule has 0 aromatic carbocycles. The van der Waals surface area contributed by atoms with Crippen LogP contribution in [-0.2, 0) is 28.7 Å². The molecule has 4 fully saturated rings. The van der Waals surface area contributed by atoms with E-state index in [1.165, 1.54) is 0 Å². The van der Waals surface area contributed by atoms with E-state index in [-0.39, 0.29) is 19.3 Å². The van der Waals surface area contributed by atoms with Crippen molar-refractivity contribution in [3.63, 3.8) is 0 Å². The summed E-state index contributed by atoms with van der Waals surface area (Å²) in [7, 11) is 0. The Labute approximate surface area is 211 Å². The van der Waals surface area contributed by atoms with Crippen molar-refractivity contribution in [1.82, 2.24) is 0 Å². The Hall–Kier alpha value is -2.20. The number of rotatable bonds is 14. The smallest absolute Gasteiger partial charge is 0.309 e. The zero-order valence-electron chi connectivity index (χ0n) is 20.8. The van der Waals surface area contributed by atoms with Crippen molar-refractivity contribution < 1.29 is 49.1 Å². The van der Waals surface area contributed by atoms with Gasteiger partial charge in [-0.25, -0.2) is 0 Å². The van der Waals surface area contributed by atoms with Gasteiger partial charge >= 0.3 is 23.9 Å². The van der Waals surface area contributed by atoms with E-state index >= 15 is 0 Å². The minimum Gasteiger partial charge on any atom is -0.481 e. The molecular weight excluding hydrogens is 472 g/mol. The number of epoxide rings is 2. The molecule has 10 nitrogen and oxygen atoms in total.